The normalized spacial score (nSPS) is 39.7. The van der Waals surface area contributed by atoms with E-state index in [-0.39, 0.29) is 29.1 Å². The maximum Gasteiger partial charge on any atom is 0.303 e. The molecule has 7 unspecified atom stereocenters. The number of carbonyl (C=O) groups excluding carboxylic acids is 2. The van der Waals surface area contributed by atoms with E-state index in [9.17, 15) is 14.7 Å². The van der Waals surface area contributed by atoms with Crippen LogP contribution in [0.15, 0.2) is 35.5 Å². The number of rotatable bonds is 2. The lowest BCUT2D eigenvalue weighted by molar-refractivity contribution is -0.168. The van der Waals surface area contributed by atoms with Crippen molar-refractivity contribution >= 4 is 11.9 Å². The number of allylic oxidation sites excluding steroid dienone is 4. The first-order chi connectivity index (χ1) is 13.6. The molecule has 5 nitrogen and oxygen atoms in total. The summed E-state index contributed by atoms with van der Waals surface area (Å²) in [6.07, 6.45) is 5.32. The lowest BCUT2D eigenvalue weighted by Crippen LogP contribution is -2.54. The first kappa shape index (κ1) is 21.8. The average Bonchev–Trinajstić information content (AvgIpc) is 2.95. The Morgan fingerprint density at radius 3 is 2.52 bits per heavy atom. The Bertz CT molecular complexity index is 763. The second-order valence-corrected chi connectivity index (χ2v) is 9.39. The molecule has 2 bridgehead atoms. The number of esters is 2. The SMILES string of the molecule is C=C1C=CCC(C)CC(OC(C)=O)C2=C(C)C3C1CCC3(C)C(OC(C)=O)C2O. The minimum absolute atomic E-state index is 0.0777. The van der Waals surface area contributed by atoms with Crippen LogP contribution in [0.3, 0.4) is 0 Å². The Labute approximate surface area is 173 Å². The Morgan fingerprint density at radius 1 is 1.24 bits per heavy atom. The van der Waals surface area contributed by atoms with Gasteiger partial charge < -0.3 is 14.6 Å². The predicted molar refractivity (Wildman–Crippen MR) is 111 cm³/mol. The lowest BCUT2D eigenvalue weighted by Gasteiger charge is -2.49. The van der Waals surface area contributed by atoms with Crippen LogP contribution in [-0.4, -0.2) is 35.4 Å². The highest BCUT2D eigenvalue weighted by atomic mass is 16.6. The zero-order valence-corrected chi connectivity index (χ0v) is 18.2. The van der Waals surface area contributed by atoms with Crippen molar-refractivity contribution < 1.29 is 24.2 Å². The van der Waals surface area contributed by atoms with Crippen molar-refractivity contribution in [3.05, 3.63) is 35.5 Å². The Balaban J connectivity index is 2.19. The molecule has 1 N–H and O–H groups in total. The molecule has 0 saturated heterocycles. The van der Waals surface area contributed by atoms with Crippen molar-refractivity contribution in [3.8, 4) is 0 Å². The topological polar surface area (TPSA) is 72.8 Å². The molecule has 3 rings (SSSR count). The quantitative estimate of drug-likeness (QED) is 0.556. The number of aliphatic hydroxyl groups excluding tert-OH is 1. The van der Waals surface area contributed by atoms with Crippen molar-refractivity contribution in [2.75, 3.05) is 0 Å². The number of hydrogen-bond acceptors (Lipinski definition) is 5. The van der Waals surface area contributed by atoms with Gasteiger partial charge in [-0.25, -0.2) is 0 Å². The van der Waals surface area contributed by atoms with Crippen LogP contribution in [0.5, 0.6) is 0 Å². The van der Waals surface area contributed by atoms with E-state index in [0.717, 1.165) is 30.4 Å². The van der Waals surface area contributed by atoms with E-state index in [1.807, 2.05) is 6.92 Å². The van der Waals surface area contributed by atoms with E-state index in [2.05, 4.69) is 32.6 Å². The summed E-state index contributed by atoms with van der Waals surface area (Å²) >= 11 is 0. The van der Waals surface area contributed by atoms with Gasteiger partial charge in [0.25, 0.3) is 0 Å². The first-order valence-corrected chi connectivity index (χ1v) is 10.6. The fraction of sp³-hybridized carbons (Fsp3) is 0.667. The fourth-order valence-electron chi connectivity index (χ4n) is 6.00. The molecule has 0 amide bonds. The van der Waals surface area contributed by atoms with Gasteiger partial charge in [0.15, 0.2) is 0 Å². The van der Waals surface area contributed by atoms with Gasteiger partial charge in [0.2, 0.25) is 0 Å². The minimum Gasteiger partial charge on any atom is -0.459 e. The van der Waals surface area contributed by atoms with Gasteiger partial charge in [-0.1, -0.05) is 43.7 Å². The summed E-state index contributed by atoms with van der Waals surface area (Å²) in [5, 5.41) is 11.4. The maximum atomic E-state index is 11.9. The van der Waals surface area contributed by atoms with E-state index >= 15 is 0 Å². The van der Waals surface area contributed by atoms with Crippen LogP contribution < -0.4 is 0 Å². The molecule has 3 aliphatic rings. The van der Waals surface area contributed by atoms with E-state index < -0.39 is 24.3 Å². The molecule has 1 saturated carbocycles. The number of hydrogen-bond donors (Lipinski definition) is 1. The minimum atomic E-state index is -0.988. The Kier molecular flexibility index (Phi) is 6.09. The fourth-order valence-corrected chi connectivity index (χ4v) is 6.00. The van der Waals surface area contributed by atoms with Gasteiger partial charge in [0, 0.05) is 24.8 Å². The highest BCUT2D eigenvalue weighted by Crippen LogP contribution is 2.60. The van der Waals surface area contributed by atoms with E-state index in [1.54, 1.807) is 0 Å². The van der Waals surface area contributed by atoms with Gasteiger partial charge in [-0.15, -0.1) is 0 Å². The third-order valence-corrected chi connectivity index (χ3v) is 7.20. The average molecular weight is 403 g/mol. The standard InChI is InChI=1S/C24H34O5/c1-13-8-7-9-14(2)18-10-11-24(6)21(18)15(3)20(19(12-13)28-16(4)25)22(27)23(24)29-17(5)26/h7,9,13,18-19,21-23,27H,2,8,10-12H2,1,3-6H3. The molecule has 0 heterocycles. The highest BCUT2D eigenvalue weighted by Gasteiger charge is 2.59. The molecular formula is C24H34O5. The summed E-state index contributed by atoms with van der Waals surface area (Å²) in [6, 6.07) is 0. The molecule has 0 aromatic carbocycles. The van der Waals surface area contributed by atoms with Crippen LogP contribution >= 0.6 is 0 Å². The molecule has 0 aromatic rings. The molecule has 7 atom stereocenters. The summed E-state index contributed by atoms with van der Waals surface area (Å²) < 4.78 is 11.4. The van der Waals surface area contributed by atoms with E-state index in [4.69, 9.17) is 9.47 Å². The van der Waals surface area contributed by atoms with Crippen LogP contribution in [0.2, 0.25) is 0 Å². The Hall–Kier alpha value is -1.88. The van der Waals surface area contributed by atoms with Gasteiger partial charge in [-0.3, -0.25) is 9.59 Å². The van der Waals surface area contributed by atoms with Crippen LogP contribution in [0.25, 0.3) is 0 Å². The molecule has 1 fully saturated rings. The van der Waals surface area contributed by atoms with Crippen molar-refractivity contribution in [2.24, 2.45) is 23.2 Å². The second kappa shape index (κ2) is 8.10. The summed E-state index contributed by atoms with van der Waals surface area (Å²) in [5.74, 6) is -0.229. The van der Waals surface area contributed by atoms with Crippen molar-refractivity contribution in [2.45, 2.75) is 78.6 Å². The molecule has 0 aliphatic heterocycles. The van der Waals surface area contributed by atoms with Gasteiger partial charge in [0.1, 0.15) is 18.3 Å². The van der Waals surface area contributed by atoms with Crippen LogP contribution in [0.4, 0.5) is 0 Å². The molecular weight excluding hydrogens is 368 g/mol. The van der Waals surface area contributed by atoms with E-state index in [0.29, 0.717) is 12.0 Å². The maximum absolute atomic E-state index is 11.9. The Morgan fingerprint density at radius 2 is 1.90 bits per heavy atom. The number of ether oxygens (including phenoxy) is 2. The third-order valence-electron chi connectivity index (χ3n) is 7.20. The van der Waals surface area contributed by atoms with Gasteiger partial charge in [0.05, 0.1) is 0 Å². The first-order valence-electron chi connectivity index (χ1n) is 10.6. The smallest absolute Gasteiger partial charge is 0.303 e. The van der Waals surface area contributed by atoms with Crippen LogP contribution in [0, 0.1) is 23.2 Å². The van der Waals surface area contributed by atoms with Crippen LogP contribution in [0.1, 0.15) is 60.3 Å². The molecule has 0 aromatic heterocycles. The van der Waals surface area contributed by atoms with Gasteiger partial charge in [-0.05, 0) is 50.4 Å². The van der Waals surface area contributed by atoms with Crippen molar-refractivity contribution in [1.29, 1.82) is 0 Å². The zero-order valence-electron chi connectivity index (χ0n) is 18.2. The van der Waals surface area contributed by atoms with Gasteiger partial charge >= 0.3 is 11.9 Å². The van der Waals surface area contributed by atoms with Crippen LogP contribution in [-0.2, 0) is 19.1 Å². The lowest BCUT2D eigenvalue weighted by atomic mass is 9.60. The summed E-state index contributed by atoms with van der Waals surface area (Å²) in [7, 11) is 0. The second-order valence-electron chi connectivity index (χ2n) is 9.39. The molecule has 160 valence electrons. The molecule has 0 spiro atoms. The third kappa shape index (κ3) is 3.94. The predicted octanol–water partition coefficient (Wildman–Crippen LogP) is 4.12. The monoisotopic (exact) mass is 402 g/mol. The van der Waals surface area contributed by atoms with Gasteiger partial charge in [-0.2, -0.15) is 0 Å². The zero-order chi connectivity index (χ0) is 21.5. The van der Waals surface area contributed by atoms with Crippen molar-refractivity contribution in [1.82, 2.24) is 0 Å². The van der Waals surface area contributed by atoms with Crippen molar-refractivity contribution in [3.63, 3.8) is 0 Å². The summed E-state index contributed by atoms with van der Waals surface area (Å²) in [6.45, 7) is 13.4. The molecule has 0 radical (unpaired) electrons. The number of aliphatic hydroxyl groups is 1. The number of carbonyl (C=O) groups is 2. The largest absolute Gasteiger partial charge is 0.459 e. The molecule has 29 heavy (non-hydrogen) atoms. The molecule has 3 aliphatic carbocycles. The molecule has 5 heteroatoms. The van der Waals surface area contributed by atoms with E-state index in [1.165, 1.54) is 13.8 Å². The highest BCUT2D eigenvalue weighted by molar-refractivity contribution is 5.67. The summed E-state index contributed by atoms with van der Waals surface area (Å²) in [5.41, 5.74) is 2.46. The summed E-state index contributed by atoms with van der Waals surface area (Å²) in [4.78, 5) is 23.8.